The molecule has 1 fully saturated rings. The van der Waals surface area contributed by atoms with Crippen molar-refractivity contribution in [1.29, 1.82) is 0 Å². The third-order valence-electron chi connectivity index (χ3n) is 4.74. The molecule has 1 unspecified atom stereocenters. The zero-order valence-electron chi connectivity index (χ0n) is 15.2. The van der Waals surface area contributed by atoms with E-state index >= 15 is 0 Å². The SMILES string of the molecule is CCOc1ccc(S(=O)(=O)NC(c2cnn(C)c2)C2CC(O)C2)cc1C. The Morgan fingerprint density at radius 1 is 1.42 bits per heavy atom. The maximum atomic E-state index is 12.9. The van der Waals surface area contributed by atoms with E-state index in [1.807, 2.05) is 13.8 Å². The summed E-state index contributed by atoms with van der Waals surface area (Å²) in [7, 11) is -1.92. The molecular weight excluding hydrogens is 354 g/mol. The molecule has 8 heteroatoms. The van der Waals surface area contributed by atoms with E-state index in [1.165, 1.54) is 0 Å². The summed E-state index contributed by atoms with van der Waals surface area (Å²) in [5.41, 5.74) is 1.57. The third-order valence-corrected chi connectivity index (χ3v) is 6.18. The Labute approximate surface area is 154 Å². The quantitative estimate of drug-likeness (QED) is 0.767. The fourth-order valence-corrected chi connectivity index (χ4v) is 4.66. The lowest BCUT2D eigenvalue weighted by Gasteiger charge is -2.37. The van der Waals surface area contributed by atoms with Crippen molar-refractivity contribution < 1.29 is 18.3 Å². The van der Waals surface area contributed by atoms with Gasteiger partial charge in [0.15, 0.2) is 0 Å². The second-order valence-corrected chi connectivity index (χ2v) is 8.51. The number of nitrogens with zero attached hydrogens (tertiary/aromatic N) is 2. The van der Waals surface area contributed by atoms with E-state index in [-0.39, 0.29) is 16.9 Å². The second-order valence-electron chi connectivity index (χ2n) is 6.79. The van der Waals surface area contributed by atoms with Gasteiger partial charge in [0.25, 0.3) is 0 Å². The van der Waals surface area contributed by atoms with Crippen LogP contribution in [-0.4, -0.2) is 36.0 Å². The number of aromatic nitrogens is 2. The number of aliphatic hydroxyl groups is 1. The summed E-state index contributed by atoms with van der Waals surface area (Å²) >= 11 is 0. The van der Waals surface area contributed by atoms with Gasteiger partial charge in [-0.1, -0.05) is 0 Å². The van der Waals surface area contributed by atoms with Crippen LogP contribution in [0.4, 0.5) is 0 Å². The minimum atomic E-state index is -3.72. The van der Waals surface area contributed by atoms with Crippen molar-refractivity contribution >= 4 is 10.0 Å². The smallest absolute Gasteiger partial charge is 0.241 e. The van der Waals surface area contributed by atoms with Gasteiger partial charge in [0.2, 0.25) is 10.0 Å². The van der Waals surface area contributed by atoms with Crippen LogP contribution >= 0.6 is 0 Å². The Bertz CT molecular complexity index is 872. The standard InChI is InChI=1S/C18H25N3O4S/c1-4-25-17-6-5-16(7-12(17)2)26(23,24)20-18(13-8-15(22)9-13)14-10-19-21(3)11-14/h5-7,10-11,13,15,18,20,22H,4,8-9H2,1-3H3. The highest BCUT2D eigenvalue weighted by atomic mass is 32.2. The molecule has 0 amide bonds. The first-order chi connectivity index (χ1) is 12.3. The van der Waals surface area contributed by atoms with E-state index in [0.29, 0.717) is 25.2 Å². The monoisotopic (exact) mass is 379 g/mol. The molecule has 0 bridgehead atoms. The maximum absolute atomic E-state index is 12.9. The molecule has 142 valence electrons. The summed E-state index contributed by atoms with van der Waals surface area (Å²) in [6.45, 7) is 4.24. The molecule has 0 spiro atoms. The topological polar surface area (TPSA) is 93.5 Å². The highest BCUT2D eigenvalue weighted by Gasteiger charge is 2.37. The van der Waals surface area contributed by atoms with Crippen LogP contribution in [0.15, 0.2) is 35.5 Å². The van der Waals surface area contributed by atoms with Crippen molar-refractivity contribution in [1.82, 2.24) is 14.5 Å². The molecule has 2 aromatic rings. The molecule has 2 N–H and O–H groups in total. The van der Waals surface area contributed by atoms with Crippen molar-refractivity contribution in [3.8, 4) is 5.75 Å². The van der Waals surface area contributed by atoms with Crippen LogP contribution in [0.5, 0.6) is 5.75 Å². The van der Waals surface area contributed by atoms with Gasteiger partial charge in [-0.3, -0.25) is 4.68 Å². The highest BCUT2D eigenvalue weighted by Crippen LogP contribution is 2.39. The Hall–Kier alpha value is -1.90. The van der Waals surface area contributed by atoms with Gasteiger partial charge >= 0.3 is 0 Å². The molecule has 1 aliphatic carbocycles. The number of sulfonamides is 1. The van der Waals surface area contributed by atoms with Crippen LogP contribution in [0.2, 0.25) is 0 Å². The first kappa shape index (κ1) is 18.9. The molecule has 0 saturated heterocycles. The molecule has 1 aromatic heterocycles. The average Bonchev–Trinajstić information content (AvgIpc) is 2.98. The Morgan fingerprint density at radius 2 is 2.15 bits per heavy atom. The summed E-state index contributed by atoms with van der Waals surface area (Å²) in [4.78, 5) is 0.201. The fourth-order valence-electron chi connectivity index (χ4n) is 3.28. The van der Waals surface area contributed by atoms with Gasteiger partial charge in [0.1, 0.15) is 5.75 Å². The second kappa shape index (κ2) is 7.38. The minimum Gasteiger partial charge on any atom is -0.494 e. The van der Waals surface area contributed by atoms with Gasteiger partial charge in [-0.2, -0.15) is 5.10 Å². The summed E-state index contributed by atoms with van der Waals surface area (Å²) in [6.07, 6.45) is 4.26. The lowest BCUT2D eigenvalue weighted by molar-refractivity contribution is 0.0280. The average molecular weight is 379 g/mol. The normalized spacial score (nSPS) is 21.2. The van der Waals surface area contributed by atoms with Gasteiger partial charge in [-0.25, -0.2) is 13.1 Å². The highest BCUT2D eigenvalue weighted by molar-refractivity contribution is 7.89. The molecule has 7 nitrogen and oxygen atoms in total. The molecule has 1 aliphatic rings. The fraction of sp³-hybridized carbons (Fsp3) is 0.500. The lowest BCUT2D eigenvalue weighted by atomic mass is 9.76. The molecule has 1 atom stereocenters. The number of aryl methyl sites for hydroxylation is 2. The number of aliphatic hydroxyl groups excluding tert-OH is 1. The summed E-state index contributed by atoms with van der Waals surface area (Å²) in [6, 6.07) is 4.43. The molecule has 1 aromatic carbocycles. The van der Waals surface area contributed by atoms with Gasteiger partial charge in [0.05, 0.1) is 29.8 Å². The predicted molar refractivity (Wildman–Crippen MR) is 97.3 cm³/mol. The van der Waals surface area contributed by atoms with Crippen molar-refractivity contribution in [2.45, 2.75) is 43.7 Å². The number of hydrogen-bond acceptors (Lipinski definition) is 5. The first-order valence-corrected chi connectivity index (χ1v) is 10.2. The van der Waals surface area contributed by atoms with Crippen LogP contribution in [0.25, 0.3) is 0 Å². The number of ether oxygens (including phenoxy) is 1. The van der Waals surface area contributed by atoms with Crippen LogP contribution in [0.1, 0.15) is 36.9 Å². The largest absolute Gasteiger partial charge is 0.494 e. The number of rotatable bonds is 7. The van der Waals surface area contributed by atoms with Crippen molar-refractivity contribution in [3.63, 3.8) is 0 Å². The summed E-state index contributed by atoms with van der Waals surface area (Å²) in [5, 5.41) is 13.8. The Morgan fingerprint density at radius 3 is 2.69 bits per heavy atom. The van der Waals surface area contributed by atoms with Crippen molar-refractivity contribution in [2.24, 2.45) is 13.0 Å². The van der Waals surface area contributed by atoms with Gasteiger partial charge in [-0.05, 0) is 56.4 Å². The predicted octanol–water partition coefficient (Wildman–Crippen LogP) is 1.92. The molecule has 0 aliphatic heterocycles. The van der Waals surface area contributed by atoms with Crippen LogP contribution in [0.3, 0.4) is 0 Å². The van der Waals surface area contributed by atoms with E-state index in [0.717, 1.165) is 11.1 Å². The minimum absolute atomic E-state index is 0.0489. The molecule has 3 rings (SSSR count). The first-order valence-electron chi connectivity index (χ1n) is 8.72. The van der Waals surface area contributed by atoms with Crippen LogP contribution < -0.4 is 9.46 Å². The van der Waals surface area contributed by atoms with Gasteiger partial charge in [0, 0.05) is 18.8 Å². The Kier molecular flexibility index (Phi) is 5.36. The molecule has 1 saturated carbocycles. The molecular formula is C18H25N3O4S. The number of benzene rings is 1. The van der Waals surface area contributed by atoms with Crippen LogP contribution in [0, 0.1) is 12.8 Å². The summed E-state index contributed by atoms with van der Waals surface area (Å²) < 4.78 is 35.8. The van der Waals surface area contributed by atoms with E-state index < -0.39 is 16.1 Å². The zero-order valence-corrected chi connectivity index (χ0v) is 16.0. The third kappa shape index (κ3) is 3.92. The molecule has 1 heterocycles. The van der Waals surface area contributed by atoms with E-state index in [1.54, 1.807) is 42.3 Å². The number of nitrogens with one attached hydrogen (secondary N) is 1. The van der Waals surface area contributed by atoms with E-state index in [9.17, 15) is 13.5 Å². The summed E-state index contributed by atoms with van der Waals surface area (Å²) in [5.74, 6) is 0.727. The van der Waals surface area contributed by atoms with E-state index in [4.69, 9.17) is 4.74 Å². The van der Waals surface area contributed by atoms with Crippen molar-refractivity contribution in [2.75, 3.05) is 6.61 Å². The van der Waals surface area contributed by atoms with E-state index in [2.05, 4.69) is 9.82 Å². The number of hydrogen-bond donors (Lipinski definition) is 2. The van der Waals surface area contributed by atoms with Gasteiger partial charge < -0.3 is 9.84 Å². The lowest BCUT2D eigenvalue weighted by Crippen LogP contribution is -2.41. The van der Waals surface area contributed by atoms with Crippen LogP contribution in [-0.2, 0) is 17.1 Å². The van der Waals surface area contributed by atoms with Gasteiger partial charge in [-0.15, -0.1) is 0 Å². The molecule has 0 radical (unpaired) electrons. The Balaban J connectivity index is 1.86. The zero-order chi connectivity index (χ0) is 18.9. The maximum Gasteiger partial charge on any atom is 0.241 e. The van der Waals surface area contributed by atoms with Crippen molar-refractivity contribution in [3.05, 3.63) is 41.7 Å². The molecule has 26 heavy (non-hydrogen) atoms.